The number of aldehydes is 1. The number of hydrogen-bond acceptors (Lipinski definition) is 5. The first kappa shape index (κ1) is 42.3. The van der Waals surface area contributed by atoms with Gasteiger partial charge in [-0.3, -0.25) is 9.79 Å². The third kappa shape index (κ3) is 12.1. The SMILES string of the molecule is Cl.Cl.Cl.NC(N)=NCCC[C@@H](C=O)NC(=O)[C@@H]1CCCN1C(=S)[C@H]1C[C@H](c2ccccc2)CN1.O.O.O. The van der Waals surface area contributed by atoms with Gasteiger partial charge in [0.05, 0.1) is 17.1 Å². The molecule has 0 radical (unpaired) electrons. The van der Waals surface area contributed by atoms with E-state index >= 15 is 0 Å². The lowest BCUT2D eigenvalue weighted by molar-refractivity contribution is -0.127. The van der Waals surface area contributed by atoms with Crippen LogP contribution in [0.4, 0.5) is 0 Å². The first-order chi connectivity index (χ1) is 15.0. The van der Waals surface area contributed by atoms with Crippen LogP contribution in [0.2, 0.25) is 0 Å². The molecule has 37 heavy (non-hydrogen) atoms. The lowest BCUT2D eigenvalue weighted by Gasteiger charge is -2.30. The molecule has 0 saturated carbocycles. The van der Waals surface area contributed by atoms with Crippen LogP contribution in [0.5, 0.6) is 0 Å². The van der Waals surface area contributed by atoms with Crippen LogP contribution in [0.3, 0.4) is 0 Å². The number of benzene rings is 1. The second kappa shape index (κ2) is 21.2. The second-order valence-electron chi connectivity index (χ2n) is 8.19. The van der Waals surface area contributed by atoms with E-state index < -0.39 is 6.04 Å². The van der Waals surface area contributed by atoms with Crippen LogP contribution in [0.15, 0.2) is 35.3 Å². The highest BCUT2D eigenvalue weighted by Gasteiger charge is 2.38. The van der Waals surface area contributed by atoms with E-state index in [1.807, 2.05) is 11.0 Å². The summed E-state index contributed by atoms with van der Waals surface area (Å²) in [6.45, 7) is 2.07. The van der Waals surface area contributed by atoms with Gasteiger partial charge >= 0.3 is 0 Å². The van der Waals surface area contributed by atoms with Crippen LogP contribution in [-0.4, -0.2) is 82.2 Å². The molecular formula is C22H41Cl3N6O5S. The van der Waals surface area contributed by atoms with Crippen molar-refractivity contribution in [3.63, 3.8) is 0 Å². The topological polar surface area (TPSA) is 220 Å². The molecule has 0 spiro atoms. The molecule has 0 unspecified atom stereocenters. The Kier molecular flexibility index (Phi) is 24.2. The van der Waals surface area contributed by atoms with Gasteiger partial charge in [-0.1, -0.05) is 42.5 Å². The number of aliphatic imine (C=N–C) groups is 1. The number of nitrogens with one attached hydrogen (secondary N) is 2. The number of thiocarbonyl (C=S) groups is 1. The minimum absolute atomic E-state index is 0. The number of rotatable bonds is 9. The third-order valence-electron chi connectivity index (χ3n) is 6.00. The van der Waals surface area contributed by atoms with Crippen molar-refractivity contribution in [2.45, 2.75) is 56.1 Å². The first-order valence-corrected chi connectivity index (χ1v) is 11.3. The number of nitrogens with zero attached hydrogens (tertiary/aromatic N) is 2. The molecule has 3 rings (SSSR count). The maximum absolute atomic E-state index is 12.9. The predicted molar refractivity (Wildman–Crippen MR) is 158 cm³/mol. The minimum atomic E-state index is -0.551. The molecule has 4 atom stereocenters. The first-order valence-electron chi connectivity index (χ1n) is 10.9. The summed E-state index contributed by atoms with van der Waals surface area (Å²) in [7, 11) is 0. The van der Waals surface area contributed by atoms with E-state index in [9.17, 15) is 9.59 Å². The van der Waals surface area contributed by atoms with Crippen LogP contribution >= 0.6 is 49.4 Å². The molecular weight excluding hydrogens is 567 g/mol. The highest BCUT2D eigenvalue weighted by Crippen LogP contribution is 2.29. The number of amides is 1. The Morgan fingerprint density at radius 3 is 2.43 bits per heavy atom. The van der Waals surface area contributed by atoms with Crippen molar-refractivity contribution in [1.29, 1.82) is 0 Å². The van der Waals surface area contributed by atoms with Crippen molar-refractivity contribution >= 4 is 72.6 Å². The third-order valence-corrected chi connectivity index (χ3v) is 6.52. The lowest BCUT2D eigenvalue weighted by Crippen LogP contribution is -2.52. The standard InChI is InChI=1S/C22H32N6O2S.3ClH.3H2O/c23-22(24)25-10-4-8-17(14-29)27-20(30)19-9-5-11-28(19)21(31)18-12-16(13-26-18)15-6-2-1-3-7-15;;;;;;/h1-3,6-7,14,16-19,26H,4-5,8-13H2,(H,27,30)(H4,23,24,25);3*1H;3*1H2/t16-,17-,18+,19-;;;;;;/m0....../s1. The number of guanidine groups is 1. The molecule has 2 saturated heterocycles. The molecule has 2 fully saturated rings. The van der Waals surface area contributed by atoms with Crippen LogP contribution in [0, 0.1) is 0 Å². The summed E-state index contributed by atoms with van der Waals surface area (Å²) in [5, 5.41) is 6.40. The Morgan fingerprint density at radius 1 is 1.19 bits per heavy atom. The zero-order valence-corrected chi connectivity index (χ0v) is 23.7. The molecule has 0 aromatic heterocycles. The highest BCUT2D eigenvalue weighted by molar-refractivity contribution is 7.80. The number of halogens is 3. The smallest absolute Gasteiger partial charge is 0.243 e. The fourth-order valence-corrected chi connectivity index (χ4v) is 4.78. The van der Waals surface area contributed by atoms with Crippen molar-refractivity contribution in [2.75, 3.05) is 19.6 Å². The summed E-state index contributed by atoms with van der Waals surface area (Å²) in [6, 6.07) is 9.64. The normalized spacial score (nSPS) is 20.0. The van der Waals surface area contributed by atoms with E-state index in [1.54, 1.807) is 0 Å². The van der Waals surface area contributed by atoms with Gasteiger partial charge in [-0.15, -0.1) is 37.2 Å². The zero-order valence-electron chi connectivity index (χ0n) is 20.4. The van der Waals surface area contributed by atoms with E-state index in [4.69, 9.17) is 23.7 Å². The fraction of sp³-hybridized carbons (Fsp3) is 0.545. The van der Waals surface area contributed by atoms with Gasteiger partial charge in [0.2, 0.25) is 5.91 Å². The number of nitrogens with two attached hydrogens (primary N) is 2. The number of carbonyl (C=O) groups is 2. The van der Waals surface area contributed by atoms with Crippen LogP contribution in [0.25, 0.3) is 0 Å². The van der Waals surface area contributed by atoms with Gasteiger partial charge in [0.1, 0.15) is 12.3 Å². The summed E-state index contributed by atoms with van der Waals surface area (Å²) in [5.41, 5.74) is 11.9. The second-order valence-corrected chi connectivity index (χ2v) is 8.61. The van der Waals surface area contributed by atoms with Crippen LogP contribution in [-0.2, 0) is 9.59 Å². The van der Waals surface area contributed by atoms with Gasteiger partial charge in [-0.25, -0.2) is 0 Å². The average Bonchev–Trinajstić information content (AvgIpc) is 3.46. The van der Waals surface area contributed by atoms with Gasteiger partial charge in [0, 0.05) is 19.6 Å². The molecule has 0 aliphatic carbocycles. The Bertz CT molecular complexity index is 823. The van der Waals surface area contributed by atoms with Gasteiger partial charge in [0.15, 0.2) is 5.96 Å². The van der Waals surface area contributed by atoms with Crippen molar-refractivity contribution in [2.24, 2.45) is 16.5 Å². The fourth-order valence-electron chi connectivity index (χ4n) is 4.38. The van der Waals surface area contributed by atoms with Crippen LogP contribution in [0.1, 0.15) is 43.6 Å². The summed E-state index contributed by atoms with van der Waals surface area (Å²) in [6.07, 6.45) is 4.44. The Labute approximate surface area is 241 Å². The Balaban J connectivity index is -0.000000907. The average molecular weight is 608 g/mol. The van der Waals surface area contributed by atoms with E-state index in [2.05, 4.69) is 39.9 Å². The van der Waals surface area contributed by atoms with Gasteiger partial charge in [-0.05, 0) is 43.6 Å². The van der Waals surface area contributed by atoms with Gasteiger partial charge in [-0.2, -0.15) is 0 Å². The Morgan fingerprint density at radius 2 is 1.84 bits per heavy atom. The highest BCUT2D eigenvalue weighted by atomic mass is 35.5. The molecule has 1 aromatic rings. The predicted octanol–water partition coefficient (Wildman–Crippen LogP) is -0.547. The molecule has 1 amide bonds. The molecule has 11 nitrogen and oxygen atoms in total. The number of carbonyl (C=O) groups excluding carboxylic acids is 2. The van der Waals surface area contributed by atoms with Crippen LogP contribution < -0.4 is 22.1 Å². The van der Waals surface area contributed by atoms with E-state index in [0.29, 0.717) is 25.3 Å². The van der Waals surface area contributed by atoms with Crippen molar-refractivity contribution < 1.29 is 26.0 Å². The van der Waals surface area contributed by atoms with E-state index in [0.717, 1.165) is 43.6 Å². The quantitative estimate of drug-likeness (QED) is 0.0942. The summed E-state index contributed by atoms with van der Waals surface area (Å²) < 4.78 is 0. The van der Waals surface area contributed by atoms with Crippen molar-refractivity contribution in [1.82, 2.24) is 15.5 Å². The van der Waals surface area contributed by atoms with E-state index in [1.165, 1.54) is 5.56 Å². The molecule has 2 heterocycles. The molecule has 15 heteroatoms. The molecule has 2 aliphatic rings. The van der Waals surface area contributed by atoms with Crippen molar-refractivity contribution in [3.05, 3.63) is 35.9 Å². The van der Waals surface area contributed by atoms with Gasteiger partial charge in [0.25, 0.3) is 0 Å². The summed E-state index contributed by atoms with van der Waals surface area (Å²) in [5.74, 6) is 0.303. The molecule has 1 aromatic carbocycles. The molecule has 12 N–H and O–H groups in total. The van der Waals surface area contributed by atoms with E-state index in [-0.39, 0.29) is 77.6 Å². The summed E-state index contributed by atoms with van der Waals surface area (Å²) in [4.78, 5) is 31.1. The maximum atomic E-state index is 12.9. The summed E-state index contributed by atoms with van der Waals surface area (Å²) >= 11 is 5.80. The molecule has 2 aliphatic heterocycles. The zero-order chi connectivity index (χ0) is 22.2. The Hall–Kier alpha value is -1.77. The maximum Gasteiger partial charge on any atom is 0.243 e. The lowest BCUT2D eigenvalue weighted by atomic mass is 9.96. The number of likely N-dealkylation sites (tertiary alicyclic amines) is 1. The molecule has 0 bridgehead atoms. The molecule has 216 valence electrons. The minimum Gasteiger partial charge on any atom is -0.412 e. The number of hydrogen-bond donors (Lipinski definition) is 4. The monoisotopic (exact) mass is 606 g/mol. The van der Waals surface area contributed by atoms with Crippen molar-refractivity contribution in [3.8, 4) is 0 Å². The largest absolute Gasteiger partial charge is 0.412 e. The van der Waals surface area contributed by atoms with Gasteiger partial charge < -0.3 is 48.2 Å².